The summed E-state index contributed by atoms with van der Waals surface area (Å²) in [5, 5.41) is 4.96. The van der Waals surface area contributed by atoms with Crippen LogP contribution in [0.25, 0.3) is 16.9 Å². The zero-order chi connectivity index (χ0) is 22.6. The number of benzene rings is 3. The van der Waals surface area contributed by atoms with Crippen LogP contribution in [0, 0.1) is 0 Å². The summed E-state index contributed by atoms with van der Waals surface area (Å²) in [7, 11) is 0. The molecule has 2 nitrogen and oxygen atoms in total. The number of nitrogens with zero attached hydrogens (tertiary/aromatic N) is 1. The third-order valence-electron chi connectivity index (χ3n) is 4.89. The van der Waals surface area contributed by atoms with E-state index in [2.05, 4.69) is 122 Å². The number of hydrogen-bond acceptors (Lipinski definition) is 3. The number of para-hydroxylation sites is 1. The second-order valence-corrected chi connectivity index (χ2v) is 11.0. The molecule has 1 heterocycles. The first-order chi connectivity index (χ1) is 15.5. The van der Waals surface area contributed by atoms with Crippen LogP contribution >= 0.6 is 23.1 Å². The molecule has 0 aliphatic carbocycles. The molecule has 3 aromatic carbocycles. The monoisotopic (exact) mass is 492 g/mol. The second-order valence-electron chi connectivity index (χ2n) is 8.66. The van der Waals surface area contributed by atoms with Crippen molar-refractivity contribution in [2.24, 2.45) is 0 Å². The Bertz CT molecular complexity index is 1200. The molecule has 0 fully saturated rings. The minimum atomic E-state index is -0.0540. The second kappa shape index (κ2) is 11.1. The van der Waals surface area contributed by atoms with Crippen LogP contribution in [0.15, 0.2) is 107 Å². The number of nitrogens with one attached hydrogen (secondary N) is 1. The highest BCUT2D eigenvalue weighted by molar-refractivity contribution is 8.01. The van der Waals surface area contributed by atoms with Crippen molar-refractivity contribution in [3.8, 4) is 16.9 Å². The molecule has 0 bridgehead atoms. The van der Waals surface area contributed by atoms with Crippen LogP contribution in [0.2, 0.25) is 0 Å². The SMILES string of the molecule is C=CCc1ccccc1-[n+]1c(Sc2ccccc2)sc(NC(C)(C)C)c1-c1ccccc1.[Cl-]. The fourth-order valence-corrected chi connectivity index (χ4v) is 6.19. The third-order valence-corrected chi connectivity index (χ3v) is 7.11. The van der Waals surface area contributed by atoms with Crippen molar-refractivity contribution in [2.75, 3.05) is 5.32 Å². The molecule has 0 aliphatic rings. The van der Waals surface area contributed by atoms with E-state index in [1.54, 1.807) is 0 Å². The first-order valence-corrected chi connectivity index (χ1v) is 12.4. The average Bonchev–Trinajstić information content (AvgIpc) is 3.11. The Morgan fingerprint density at radius 2 is 1.52 bits per heavy atom. The normalized spacial score (nSPS) is 11.0. The number of aromatic nitrogens is 1. The Kier molecular flexibility index (Phi) is 8.41. The summed E-state index contributed by atoms with van der Waals surface area (Å²) in [5.74, 6) is 0. The van der Waals surface area contributed by atoms with Crippen LogP contribution in [0.3, 0.4) is 0 Å². The van der Waals surface area contributed by atoms with Gasteiger partial charge in [-0.15, -0.1) is 11.1 Å². The molecule has 5 heteroatoms. The smallest absolute Gasteiger partial charge is 0.310 e. The summed E-state index contributed by atoms with van der Waals surface area (Å²) in [6.07, 6.45) is 2.80. The Labute approximate surface area is 211 Å². The first kappa shape index (κ1) is 25.1. The van der Waals surface area contributed by atoms with Gasteiger partial charge in [0.25, 0.3) is 5.69 Å². The summed E-state index contributed by atoms with van der Waals surface area (Å²) in [6.45, 7) is 10.6. The minimum Gasteiger partial charge on any atom is -1.00 e. The lowest BCUT2D eigenvalue weighted by atomic mass is 10.1. The highest BCUT2D eigenvalue weighted by Crippen LogP contribution is 2.41. The number of allylic oxidation sites excluding steroid dienone is 1. The molecule has 4 rings (SSSR count). The summed E-state index contributed by atoms with van der Waals surface area (Å²) in [6, 6.07) is 29.9. The number of thiazole rings is 1. The topological polar surface area (TPSA) is 15.9 Å². The van der Waals surface area contributed by atoms with Crippen molar-refractivity contribution in [1.29, 1.82) is 0 Å². The molecular weight excluding hydrogens is 464 g/mol. The lowest BCUT2D eigenvalue weighted by Crippen LogP contribution is -3.00. The summed E-state index contributed by atoms with van der Waals surface area (Å²) in [4.78, 5) is 1.23. The van der Waals surface area contributed by atoms with Gasteiger partial charge in [0.2, 0.25) is 5.69 Å². The van der Waals surface area contributed by atoms with Crippen molar-refractivity contribution >= 4 is 28.1 Å². The van der Waals surface area contributed by atoms with Gasteiger partial charge in [-0.1, -0.05) is 60.7 Å². The first-order valence-electron chi connectivity index (χ1n) is 10.8. The van der Waals surface area contributed by atoms with Crippen molar-refractivity contribution < 1.29 is 17.0 Å². The molecule has 33 heavy (non-hydrogen) atoms. The maximum Gasteiger partial charge on any atom is 0.310 e. The van der Waals surface area contributed by atoms with Crippen LogP contribution < -0.4 is 22.3 Å². The lowest BCUT2D eigenvalue weighted by molar-refractivity contribution is -0.617. The van der Waals surface area contributed by atoms with Crippen LogP contribution in [-0.4, -0.2) is 5.54 Å². The Hall–Kier alpha value is -2.53. The summed E-state index contributed by atoms with van der Waals surface area (Å²) < 4.78 is 3.64. The largest absolute Gasteiger partial charge is 1.00 e. The van der Waals surface area contributed by atoms with E-state index in [1.165, 1.54) is 36.7 Å². The zero-order valence-corrected chi connectivity index (χ0v) is 21.6. The van der Waals surface area contributed by atoms with Gasteiger partial charge in [-0.25, -0.2) is 0 Å². The van der Waals surface area contributed by atoms with Gasteiger partial charge in [-0.05, 0) is 74.6 Å². The molecule has 0 saturated heterocycles. The van der Waals surface area contributed by atoms with Gasteiger partial charge in [0.05, 0.1) is 0 Å². The van der Waals surface area contributed by atoms with Crippen LogP contribution in [0.5, 0.6) is 0 Å². The molecule has 0 atom stereocenters. The van der Waals surface area contributed by atoms with Crippen LogP contribution in [0.4, 0.5) is 5.00 Å². The van der Waals surface area contributed by atoms with E-state index < -0.39 is 0 Å². The molecule has 1 aromatic heterocycles. The van der Waals surface area contributed by atoms with Gasteiger partial charge >= 0.3 is 4.34 Å². The molecule has 0 amide bonds. The Morgan fingerprint density at radius 3 is 2.15 bits per heavy atom. The van der Waals surface area contributed by atoms with Crippen molar-refractivity contribution in [2.45, 2.75) is 42.0 Å². The number of rotatable bonds is 7. The molecule has 0 spiro atoms. The quantitative estimate of drug-likeness (QED) is 0.295. The number of hydrogen-bond donors (Lipinski definition) is 1. The predicted octanol–water partition coefficient (Wildman–Crippen LogP) is 4.79. The van der Waals surface area contributed by atoms with Crippen molar-refractivity contribution in [1.82, 2.24) is 0 Å². The highest BCUT2D eigenvalue weighted by atomic mass is 35.5. The maximum atomic E-state index is 3.99. The van der Waals surface area contributed by atoms with Gasteiger partial charge in [-0.3, -0.25) is 0 Å². The molecule has 4 aromatic rings. The van der Waals surface area contributed by atoms with E-state index in [1.807, 2.05) is 29.2 Å². The van der Waals surface area contributed by atoms with Gasteiger partial charge in [0.1, 0.15) is 0 Å². The van der Waals surface area contributed by atoms with E-state index in [-0.39, 0.29) is 17.9 Å². The van der Waals surface area contributed by atoms with Gasteiger partial charge in [0, 0.05) is 27.6 Å². The van der Waals surface area contributed by atoms with E-state index in [4.69, 9.17) is 0 Å². The van der Waals surface area contributed by atoms with E-state index >= 15 is 0 Å². The van der Waals surface area contributed by atoms with Crippen LogP contribution in [-0.2, 0) is 6.42 Å². The summed E-state index contributed by atoms with van der Waals surface area (Å²) in [5.41, 5.74) is 4.80. The molecule has 1 N–H and O–H groups in total. The molecule has 0 radical (unpaired) electrons. The van der Waals surface area contributed by atoms with Crippen molar-refractivity contribution in [3.63, 3.8) is 0 Å². The summed E-state index contributed by atoms with van der Waals surface area (Å²) >= 11 is 3.62. The predicted molar refractivity (Wildman–Crippen MR) is 139 cm³/mol. The maximum absolute atomic E-state index is 3.99. The number of anilines is 1. The average molecular weight is 493 g/mol. The molecular formula is C28H29ClN2S2. The number of halogens is 1. The Morgan fingerprint density at radius 1 is 0.909 bits per heavy atom. The van der Waals surface area contributed by atoms with Gasteiger partial charge in [-0.2, -0.15) is 0 Å². The molecule has 0 saturated carbocycles. The third kappa shape index (κ3) is 6.08. The fraction of sp³-hybridized carbons (Fsp3) is 0.179. The van der Waals surface area contributed by atoms with E-state index in [0.29, 0.717) is 0 Å². The van der Waals surface area contributed by atoms with Crippen LogP contribution in [0.1, 0.15) is 26.3 Å². The fourth-order valence-electron chi connectivity index (χ4n) is 3.59. The zero-order valence-electron chi connectivity index (χ0n) is 19.2. The van der Waals surface area contributed by atoms with Crippen molar-refractivity contribution in [3.05, 3.63) is 103 Å². The highest BCUT2D eigenvalue weighted by Gasteiger charge is 2.33. The molecule has 0 unspecified atom stereocenters. The molecule has 170 valence electrons. The van der Waals surface area contributed by atoms with Gasteiger partial charge < -0.3 is 17.7 Å². The van der Waals surface area contributed by atoms with Gasteiger partial charge in [0.15, 0.2) is 5.00 Å². The van der Waals surface area contributed by atoms with E-state index in [9.17, 15) is 0 Å². The lowest BCUT2D eigenvalue weighted by Gasteiger charge is -2.20. The Balaban J connectivity index is 0.00000306. The van der Waals surface area contributed by atoms with E-state index in [0.717, 1.165) is 6.42 Å². The minimum absolute atomic E-state index is 0. The molecule has 0 aliphatic heterocycles. The standard InChI is InChI=1S/C28H29N2S2.ClH/c1-5-14-21-15-12-13-20-24(21)30-25(22-16-8-6-9-17-22)26(29-28(2,3)4)32-27(30)31-23-18-10-7-11-19-23;/h5-13,15-20,29H,1,14H2,2-4H3;1H/q+1;/p-1.